The molecule has 2 aliphatic rings. The van der Waals surface area contributed by atoms with E-state index in [1.54, 1.807) is 0 Å². The minimum Gasteiger partial charge on any atom is -0.356 e. The Hall–Kier alpha value is -1.07. The van der Waals surface area contributed by atoms with Crippen molar-refractivity contribution in [1.29, 1.82) is 0 Å². The molecule has 1 atom stereocenters. The van der Waals surface area contributed by atoms with Gasteiger partial charge in [-0.2, -0.15) is 13.2 Å². The van der Waals surface area contributed by atoms with Crippen LogP contribution in [0.2, 0.25) is 0 Å². The van der Waals surface area contributed by atoms with Crippen LogP contribution in [-0.2, 0) is 11.3 Å². The molecular weight excluding hydrogens is 351 g/mol. The number of nitrogens with zero attached hydrogens (tertiary/aromatic N) is 1. The van der Waals surface area contributed by atoms with E-state index < -0.39 is 12.1 Å². The van der Waals surface area contributed by atoms with Crippen LogP contribution in [0.15, 0.2) is 30.3 Å². The van der Waals surface area contributed by atoms with Crippen molar-refractivity contribution in [2.75, 3.05) is 13.1 Å². The topological polar surface area (TPSA) is 12.5 Å². The molecule has 1 unspecified atom stereocenters. The summed E-state index contributed by atoms with van der Waals surface area (Å²) < 4.78 is 44.9. The van der Waals surface area contributed by atoms with E-state index in [1.807, 2.05) is 18.2 Å². The summed E-state index contributed by atoms with van der Waals surface area (Å²) in [6, 6.07) is 10.2. The zero-order valence-electron chi connectivity index (χ0n) is 16.3. The third-order valence-electron chi connectivity index (χ3n) is 6.50. The number of hydrogen-bond acceptors (Lipinski definition) is 2. The van der Waals surface area contributed by atoms with Crippen molar-refractivity contribution >= 4 is 0 Å². The summed E-state index contributed by atoms with van der Waals surface area (Å²) in [5.41, 5.74) is 0.909. The van der Waals surface area contributed by atoms with E-state index in [4.69, 9.17) is 4.74 Å². The molecule has 0 N–H and O–H groups in total. The fraction of sp³-hybridized carbons (Fsp3) is 0.727. The van der Waals surface area contributed by atoms with E-state index in [0.29, 0.717) is 38.2 Å². The number of alkyl halides is 3. The van der Waals surface area contributed by atoms with Gasteiger partial charge in [-0.05, 0) is 69.8 Å². The summed E-state index contributed by atoms with van der Waals surface area (Å²) in [6.07, 6.45) is 2.34. The van der Waals surface area contributed by atoms with E-state index in [2.05, 4.69) is 24.0 Å². The van der Waals surface area contributed by atoms with Crippen LogP contribution in [0.1, 0.15) is 63.9 Å². The monoisotopic (exact) mass is 383 g/mol. The molecule has 1 saturated carbocycles. The summed E-state index contributed by atoms with van der Waals surface area (Å²) in [7, 11) is 0. The van der Waals surface area contributed by atoms with Crippen LogP contribution in [0.3, 0.4) is 0 Å². The van der Waals surface area contributed by atoms with E-state index in [-0.39, 0.29) is 5.72 Å². The zero-order valence-corrected chi connectivity index (χ0v) is 16.3. The number of halogens is 3. The molecule has 0 bridgehead atoms. The van der Waals surface area contributed by atoms with Crippen LogP contribution in [0.5, 0.6) is 0 Å². The average molecular weight is 383 g/mol. The van der Waals surface area contributed by atoms with Crippen LogP contribution in [0, 0.1) is 11.8 Å². The number of likely N-dealkylation sites (tertiary alicyclic amines) is 1. The molecule has 5 heteroatoms. The Morgan fingerprint density at radius 3 is 2.44 bits per heavy atom. The zero-order chi connectivity index (χ0) is 19.3. The number of rotatable bonds is 6. The first kappa shape index (κ1) is 20.7. The summed E-state index contributed by atoms with van der Waals surface area (Å²) in [4.78, 5) is 2.43. The van der Waals surface area contributed by atoms with E-state index in [9.17, 15) is 13.2 Å². The van der Waals surface area contributed by atoms with Gasteiger partial charge in [0, 0.05) is 13.1 Å². The van der Waals surface area contributed by atoms with Gasteiger partial charge in [0.2, 0.25) is 0 Å². The Labute approximate surface area is 161 Å². The molecule has 3 rings (SSSR count). The fourth-order valence-electron chi connectivity index (χ4n) is 4.59. The molecule has 1 aromatic carbocycles. The van der Waals surface area contributed by atoms with Gasteiger partial charge in [0.25, 0.3) is 0 Å². The van der Waals surface area contributed by atoms with Crippen LogP contribution < -0.4 is 0 Å². The molecule has 0 aromatic heterocycles. The maximum Gasteiger partial charge on any atom is 0.391 e. The van der Waals surface area contributed by atoms with Crippen molar-refractivity contribution in [2.24, 2.45) is 11.8 Å². The van der Waals surface area contributed by atoms with Crippen molar-refractivity contribution in [3.63, 3.8) is 0 Å². The average Bonchev–Trinajstić information content (AvgIpc) is 2.66. The highest BCUT2D eigenvalue weighted by Gasteiger charge is 2.41. The molecule has 0 spiro atoms. The summed E-state index contributed by atoms with van der Waals surface area (Å²) in [5, 5.41) is 0. The molecule has 1 aromatic rings. The summed E-state index contributed by atoms with van der Waals surface area (Å²) in [6.45, 7) is 4.72. The second-order valence-electron chi connectivity index (χ2n) is 8.44. The van der Waals surface area contributed by atoms with Crippen molar-refractivity contribution in [3.8, 4) is 0 Å². The third kappa shape index (κ3) is 5.71. The molecule has 1 heterocycles. The molecule has 1 saturated heterocycles. The number of hydrogen-bond donors (Lipinski definition) is 0. The minimum atomic E-state index is -4.01. The Morgan fingerprint density at radius 2 is 1.78 bits per heavy atom. The second kappa shape index (κ2) is 8.95. The lowest BCUT2D eigenvalue weighted by Gasteiger charge is -2.45. The quantitative estimate of drug-likeness (QED) is 0.583. The van der Waals surface area contributed by atoms with E-state index >= 15 is 0 Å². The second-order valence-corrected chi connectivity index (χ2v) is 8.44. The highest BCUT2D eigenvalue weighted by atomic mass is 19.4. The van der Waals surface area contributed by atoms with Crippen molar-refractivity contribution in [1.82, 2.24) is 4.90 Å². The molecule has 2 nitrogen and oxygen atoms in total. The Kier molecular flexibility index (Phi) is 6.85. The molecule has 1 aliphatic carbocycles. The van der Waals surface area contributed by atoms with Crippen LogP contribution >= 0.6 is 0 Å². The molecule has 1 aliphatic heterocycles. The van der Waals surface area contributed by atoms with Gasteiger partial charge < -0.3 is 4.74 Å². The lowest BCUT2D eigenvalue weighted by atomic mass is 9.80. The van der Waals surface area contributed by atoms with Gasteiger partial charge >= 0.3 is 6.18 Å². The standard InChI is InChI=1S/C22H32F3NO/c1-21(27-17-19-7-3-2-4-8-19)14-5-6-15-26(21)16-13-18-9-11-20(12-10-18)22(23,24)25/h2-4,7-8,18,20H,5-6,9-17H2,1H3. The van der Waals surface area contributed by atoms with Crippen LogP contribution in [0.4, 0.5) is 13.2 Å². The first-order chi connectivity index (χ1) is 12.9. The molecule has 0 amide bonds. The van der Waals surface area contributed by atoms with E-state index in [0.717, 1.165) is 25.9 Å². The highest BCUT2D eigenvalue weighted by molar-refractivity contribution is 5.13. The van der Waals surface area contributed by atoms with Crippen molar-refractivity contribution < 1.29 is 17.9 Å². The van der Waals surface area contributed by atoms with Gasteiger partial charge in [-0.15, -0.1) is 0 Å². The van der Waals surface area contributed by atoms with Crippen molar-refractivity contribution in [3.05, 3.63) is 35.9 Å². The maximum absolute atomic E-state index is 12.8. The summed E-state index contributed by atoms with van der Waals surface area (Å²) in [5.74, 6) is -0.660. The number of ether oxygens (including phenoxy) is 1. The highest BCUT2D eigenvalue weighted by Crippen LogP contribution is 2.41. The maximum atomic E-state index is 12.8. The van der Waals surface area contributed by atoms with E-state index in [1.165, 1.54) is 18.4 Å². The number of benzene rings is 1. The normalized spacial score (nSPS) is 30.4. The lowest BCUT2D eigenvalue weighted by Crippen LogP contribution is -2.52. The Bertz CT molecular complexity index is 569. The molecular formula is C22H32F3NO. The predicted molar refractivity (Wildman–Crippen MR) is 101 cm³/mol. The van der Waals surface area contributed by atoms with Gasteiger partial charge in [-0.3, -0.25) is 4.90 Å². The van der Waals surface area contributed by atoms with Gasteiger partial charge in [0.1, 0.15) is 5.72 Å². The van der Waals surface area contributed by atoms with Gasteiger partial charge in [0.05, 0.1) is 12.5 Å². The van der Waals surface area contributed by atoms with Crippen LogP contribution in [-0.4, -0.2) is 29.9 Å². The largest absolute Gasteiger partial charge is 0.391 e. The predicted octanol–water partition coefficient (Wildman–Crippen LogP) is 6.16. The van der Waals surface area contributed by atoms with Crippen LogP contribution in [0.25, 0.3) is 0 Å². The van der Waals surface area contributed by atoms with Gasteiger partial charge in [-0.1, -0.05) is 30.3 Å². The number of piperidine rings is 1. The molecule has 27 heavy (non-hydrogen) atoms. The van der Waals surface area contributed by atoms with Gasteiger partial charge in [0.15, 0.2) is 0 Å². The minimum absolute atomic E-state index is 0.267. The third-order valence-corrected chi connectivity index (χ3v) is 6.50. The van der Waals surface area contributed by atoms with Crippen molar-refractivity contribution in [2.45, 2.75) is 76.8 Å². The fourth-order valence-corrected chi connectivity index (χ4v) is 4.59. The smallest absolute Gasteiger partial charge is 0.356 e. The molecule has 2 fully saturated rings. The van der Waals surface area contributed by atoms with Gasteiger partial charge in [-0.25, -0.2) is 0 Å². The molecule has 0 radical (unpaired) electrons. The SMILES string of the molecule is CC1(OCc2ccccc2)CCCCN1CCC1CCC(C(F)(F)F)CC1. The summed E-state index contributed by atoms with van der Waals surface area (Å²) >= 11 is 0. The Balaban J connectivity index is 1.49. The first-order valence-corrected chi connectivity index (χ1v) is 10.4. The lowest BCUT2D eigenvalue weighted by molar-refractivity contribution is -0.185. The molecule has 152 valence electrons. The first-order valence-electron chi connectivity index (χ1n) is 10.4. The Morgan fingerprint density at radius 1 is 1.07 bits per heavy atom.